The van der Waals surface area contributed by atoms with E-state index in [2.05, 4.69) is 11.4 Å². The fourth-order valence-electron chi connectivity index (χ4n) is 2.75. The third-order valence-electron chi connectivity index (χ3n) is 4.08. The van der Waals surface area contributed by atoms with Crippen LogP contribution >= 0.6 is 0 Å². The van der Waals surface area contributed by atoms with Gasteiger partial charge in [-0.2, -0.15) is 13.7 Å². The van der Waals surface area contributed by atoms with Crippen molar-refractivity contribution < 1.29 is 13.0 Å². The van der Waals surface area contributed by atoms with Gasteiger partial charge in [0.05, 0.1) is 16.5 Å². The van der Waals surface area contributed by atoms with Gasteiger partial charge in [0, 0.05) is 6.04 Å². The Morgan fingerprint density at radius 1 is 1.24 bits per heavy atom. The van der Waals surface area contributed by atoms with Gasteiger partial charge < -0.3 is 5.32 Å². The molecule has 0 bridgehead atoms. The molecule has 0 radical (unpaired) electrons. The van der Waals surface area contributed by atoms with Gasteiger partial charge in [-0.25, -0.2) is 0 Å². The van der Waals surface area contributed by atoms with E-state index in [-0.39, 0.29) is 10.9 Å². The Labute approximate surface area is 149 Å². The van der Waals surface area contributed by atoms with Crippen molar-refractivity contribution in [3.8, 4) is 6.07 Å². The van der Waals surface area contributed by atoms with Crippen LogP contribution < -0.4 is 5.32 Å². The summed E-state index contributed by atoms with van der Waals surface area (Å²) in [6.07, 6.45) is 1.28. The van der Waals surface area contributed by atoms with Crippen molar-refractivity contribution in [2.24, 2.45) is 0 Å². The molecule has 0 fully saturated rings. The smallest absolute Gasteiger partial charge is 0.294 e. The van der Waals surface area contributed by atoms with Crippen molar-refractivity contribution >= 4 is 10.1 Å². The molecule has 1 atom stereocenters. The first-order valence-corrected chi connectivity index (χ1v) is 9.55. The lowest BCUT2D eigenvalue weighted by Gasteiger charge is -2.15. The molecule has 0 aliphatic carbocycles. The molecule has 1 unspecified atom stereocenters. The van der Waals surface area contributed by atoms with Crippen molar-refractivity contribution in [3.05, 3.63) is 64.7 Å². The molecule has 25 heavy (non-hydrogen) atoms. The number of hydrogen-bond donors (Lipinski definition) is 2. The van der Waals surface area contributed by atoms with Crippen LogP contribution in [0, 0.1) is 18.3 Å². The van der Waals surface area contributed by atoms with E-state index < -0.39 is 10.1 Å². The number of nitriles is 1. The molecule has 2 rings (SSSR count). The number of rotatable bonds is 7. The summed E-state index contributed by atoms with van der Waals surface area (Å²) in [6.45, 7) is 4.60. The molecule has 6 heteroatoms. The van der Waals surface area contributed by atoms with Crippen LogP contribution in [0.3, 0.4) is 0 Å². The van der Waals surface area contributed by atoms with E-state index in [0.717, 1.165) is 17.5 Å². The molecular weight excluding hydrogens is 336 g/mol. The number of nitrogens with one attached hydrogen (secondary N) is 1. The molecule has 132 valence electrons. The van der Waals surface area contributed by atoms with Gasteiger partial charge in [-0.3, -0.25) is 4.55 Å². The quantitative estimate of drug-likeness (QED) is 0.585. The Morgan fingerprint density at radius 2 is 2.00 bits per heavy atom. The highest BCUT2D eigenvalue weighted by Crippen LogP contribution is 2.19. The van der Waals surface area contributed by atoms with E-state index >= 15 is 0 Å². The van der Waals surface area contributed by atoms with Gasteiger partial charge in [0.15, 0.2) is 0 Å². The van der Waals surface area contributed by atoms with Gasteiger partial charge in [-0.1, -0.05) is 29.8 Å². The van der Waals surface area contributed by atoms with Gasteiger partial charge in [0.25, 0.3) is 10.1 Å². The number of hydrogen-bond acceptors (Lipinski definition) is 4. The molecule has 0 amide bonds. The zero-order chi connectivity index (χ0) is 18.4. The van der Waals surface area contributed by atoms with E-state index in [0.29, 0.717) is 24.1 Å². The van der Waals surface area contributed by atoms with Crippen molar-refractivity contribution in [2.45, 2.75) is 37.6 Å². The second-order valence-corrected chi connectivity index (χ2v) is 7.49. The lowest BCUT2D eigenvalue weighted by molar-refractivity contribution is 0.481. The zero-order valence-corrected chi connectivity index (χ0v) is 15.2. The van der Waals surface area contributed by atoms with Crippen molar-refractivity contribution in [3.63, 3.8) is 0 Å². The fraction of sp³-hybridized carbons (Fsp3) is 0.316. The molecule has 0 aliphatic heterocycles. The van der Waals surface area contributed by atoms with Crippen LogP contribution in [0.15, 0.2) is 47.4 Å². The fourth-order valence-corrected chi connectivity index (χ4v) is 3.48. The monoisotopic (exact) mass is 358 g/mol. The minimum absolute atomic E-state index is 0.0205. The van der Waals surface area contributed by atoms with E-state index in [1.807, 2.05) is 32.0 Å². The second-order valence-electron chi connectivity index (χ2n) is 6.10. The Morgan fingerprint density at radius 3 is 2.68 bits per heavy atom. The molecule has 0 aromatic heterocycles. The van der Waals surface area contributed by atoms with E-state index in [1.54, 1.807) is 18.2 Å². The lowest BCUT2D eigenvalue weighted by atomic mass is 10.0. The first-order chi connectivity index (χ1) is 11.8. The summed E-state index contributed by atoms with van der Waals surface area (Å²) in [5, 5.41) is 12.3. The molecule has 2 aromatic carbocycles. The summed E-state index contributed by atoms with van der Waals surface area (Å²) >= 11 is 0. The Bertz CT molecular complexity index is 886. The molecule has 0 saturated heterocycles. The number of aryl methyl sites for hydroxylation is 2. The van der Waals surface area contributed by atoms with Crippen molar-refractivity contribution in [1.29, 1.82) is 5.26 Å². The Hall–Kier alpha value is -2.20. The van der Waals surface area contributed by atoms with Gasteiger partial charge in [0.2, 0.25) is 0 Å². The topological polar surface area (TPSA) is 90.2 Å². The Balaban J connectivity index is 1.95. The second kappa shape index (κ2) is 8.26. The van der Waals surface area contributed by atoms with Crippen LogP contribution in [-0.2, 0) is 16.5 Å². The maximum absolute atomic E-state index is 11.5. The largest absolute Gasteiger partial charge is 0.310 e. The van der Waals surface area contributed by atoms with Crippen LogP contribution in [0.25, 0.3) is 0 Å². The summed E-state index contributed by atoms with van der Waals surface area (Å²) in [6, 6.07) is 14.6. The van der Waals surface area contributed by atoms with E-state index in [1.165, 1.54) is 6.07 Å². The summed E-state index contributed by atoms with van der Waals surface area (Å²) < 4.78 is 32.3. The average molecular weight is 358 g/mol. The third-order valence-corrected chi connectivity index (χ3v) is 5.04. The minimum Gasteiger partial charge on any atom is -0.310 e. The van der Waals surface area contributed by atoms with Gasteiger partial charge in [-0.15, -0.1) is 0 Å². The van der Waals surface area contributed by atoms with E-state index in [9.17, 15) is 13.0 Å². The number of nitrogens with zero attached hydrogens (tertiary/aromatic N) is 1. The van der Waals surface area contributed by atoms with Crippen LogP contribution in [-0.4, -0.2) is 19.5 Å². The van der Waals surface area contributed by atoms with Crippen LogP contribution in [0.5, 0.6) is 0 Å². The summed E-state index contributed by atoms with van der Waals surface area (Å²) in [4.78, 5) is -0.0205. The number of benzene rings is 2. The molecule has 2 aromatic rings. The average Bonchev–Trinajstić information content (AvgIpc) is 2.57. The minimum atomic E-state index is -4.21. The molecule has 0 aliphatic rings. The molecule has 0 spiro atoms. The lowest BCUT2D eigenvalue weighted by Crippen LogP contribution is -2.20. The first kappa shape index (κ1) is 19.1. The molecule has 2 N–H and O–H groups in total. The van der Waals surface area contributed by atoms with Gasteiger partial charge in [0.1, 0.15) is 0 Å². The normalized spacial score (nSPS) is 12.6. The maximum atomic E-state index is 11.5. The maximum Gasteiger partial charge on any atom is 0.294 e. The first-order valence-electron chi connectivity index (χ1n) is 8.11. The molecular formula is C19H22N2O3S. The summed E-state index contributed by atoms with van der Waals surface area (Å²) in [5.74, 6) is 0. The van der Waals surface area contributed by atoms with Gasteiger partial charge >= 0.3 is 0 Å². The highest BCUT2D eigenvalue weighted by molar-refractivity contribution is 7.85. The van der Waals surface area contributed by atoms with Crippen LogP contribution in [0.1, 0.15) is 41.6 Å². The standard InChI is InChI=1S/C19H22N2O3S/c1-14-8-9-19(25(22,23)24)18(11-14)7-4-10-21-15(2)17-6-3-5-16(12-17)13-20/h3,5-6,8-9,11-12,15,21H,4,7,10H2,1-2H3,(H,22,23,24). The highest BCUT2D eigenvalue weighted by Gasteiger charge is 2.15. The zero-order valence-electron chi connectivity index (χ0n) is 14.4. The molecule has 5 nitrogen and oxygen atoms in total. The van der Waals surface area contributed by atoms with Crippen LogP contribution in [0.4, 0.5) is 0 Å². The highest BCUT2D eigenvalue weighted by atomic mass is 32.2. The predicted octanol–water partition coefficient (Wildman–Crippen LogP) is 3.40. The van der Waals surface area contributed by atoms with E-state index in [4.69, 9.17) is 5.26 Å². The van der Waals surface area contributed by atoms with Crippen LogP contribution in [0.2, 0.25) is 0 Å². The Kier molecular flexibility index (Phi) is 6.32. The van der Waals surface area contributed by atoms with Gasteiger partial charge in [-0.05, 0) is 62.6 Å². The molecule has 0 saturated carbocycles. The van der Waals surface area contributed by atoms with Crippen molar-refractivity contribution in [1.82, 2.24) is 5.32 Å². The molecule has 0 heterocycles. The summed E-state index contributed by atoms with van der Waals surface area (Å²) in [5.41, 5.74) is 3.25. The van der Waals surface area contributed by atoms with Crippen molar-refractivity contribution in [2.75, 3.05) is 6.54 Å². The third kappa shape index (κ3) is 5.40. The predicted molar refractivity (Wildman–Crippen MR) is 96.9 cm³/mol. The summed E-state index contributed by atoms with van der Waals surface area (Å²) in [7, 11) is -4.21. The SMILES string of the molecule is Cc1ccc(S(=O)(=O)O)c(CCCNC(C)c2cccc(C#N)c2)c1.